The van der Waals surface area contributed by atoms with Crippen molar-refractivity contribution in [2.75, 3.05) is 18.2 Å². The maximum Gasteiger partial charge on any atom is 0.270 e. The zero-order valence-electron chi connectivity index (χ0n) is 9.91. The largest absolute Gasteiger partial charge is 0.495 e. The third-order valence-corrected chi connectivity index (χ3v) is 2.23. The van der Waals surface area contributed by atoms with Crippen molar-refractivity contribution in [2.24, 2.45) is 7.05 Å². The fourth-order valence-corrected chi connectivity index (χ4v) is 1.38. The van der Waals surface area contributed by atoms with Gasteiger partial charge in [-0.05, 0) is 23.4 Å². The van der Waals surface area contributed by atoms with Gasteiger partial charge < -0.3 is 10.5 Å². The number of hydrogen-bond acceptors (Lipinski definition) is 6. The Hall–Kier alpha value is -2.64. The van der Waals surface area contributed by atoms with E-state index in [9.17, 15) is 4.79 Å². The van der Waals surface area contributed by atoms with Crippen molar-refractivity contribution in [1.82, 2.24) is 20.2 Å². The molecule has 0 bridgehead atoms. The topological polar surface area (TPSA) is 108 Å². The third kappa shape index (κ3) is 2.37. The Morgan fingerprint density at radius 3 is 2.83 bits per heavy atom. The molecule has 8 nitrogen and oxygen atoms in total. The molecule has 1 amide bonds. The monoisotopic (exact) mass is 248 g/mol. The van der Waals surface area contributed by atoms with Crippen LogP contribution in [0.2, 0.25) is 0 Å². The molecule has 0 atom stereocenters. The van der Waals surface area contributed by atoms with Gasteiger partial charge in [-0.2, -0.15) is 4.80 Å². The predicted octanol–water partition coefficient (Wildman–Crippen LogP) is 0.0532. The van der Waals surface area contributed by atoms with Crippen molar-refractivity contribution in [2.45, 2.75) is 0 Å². The number of nitrogens with two attached hydrogens (primary N) is 1. The van der Waals surface area contributed by atoms with Gasteiger partial charge in [0, 0.05) is 5.56 Å². The van der Waals surface area contributed by atoms with Gasteiger partial charge in [-0.1, -0.05) is 5.10 Å². The Morgan fingerprint density at radius 1 is 1.50 bits per heavy atom. The zero-order valence-corrected chi connectivity index (χ0v) is 9.91. The number of carbonyl (C=O) groups excluding carboxylic acids is 1. The van der Waals surface area contributed by atoms with Gasteiger partial charge in [0.05, 0.1) is 19.8 Å². The quantitative estimate of drug-likeness (QED) is 0.743. The highest BCUT2D eigenvalue weighted by Crippen LogP contribution is 2.22. The van der Waals surface area contributed by atoms with Gasteiger partial charge in [-0.3, -0.25) is 10.1 Å². The number of benzene rings is 1. The molecule has 0 radical (unpaired) electrons. The van der Waals surface area contributed by atoms with Gasteiger partial charge in [0.2, 0.25) is 0 Å². The number of nitrogens with zero attached hydrogens (tertiary/aromatic N) is 4. The minimum atomic E-state index is -0.364. The number of nitrogen functional groups attached to an aromatic ring is 1. The molecule has 0 aliphatic carbocycles. The normalized spacial score (nSPS) is 10.1. The molecule has 2 aromatic rings. The van der Waals surface area contributed by atoms with Crippen molar-refractivity contribution in [3.05, 3.63) is 23.8 Å². The first-order valence-electron chi connectivity index (χ1n) is 5.09. The number of nitrogens with one attached hydrogen (secondary N) is 1. The summed E-state index contributed by atoms with van der Waals surface area (Å²) in [6.45, 7) is 0. The summed E-state index contributed by atoms with van der Waals surface area (Å²) in [4.78, 5) is 13.1. The maximum atomic E-state index is 11.9. The molecule has 2 rings (SSSR count). The average Bonchev–Trinajstić information content (AvgIpc) is 2.74. The van der Waals surface area contributed by atoms with Crippen LogP contribution in [0, 0.1) is 0 Å². The molecule has 0 fully saturated rings. The number of rotatable bonds is 3. The lowest BCUT2D eigenvalue weighted by atomic mass is 10.2. The summed E-state index contributed by atoms with van der Waals surface area (Å²) in [5.74, 6) is 0.290. The van der Waals surface area contributed by atoms with Crippen LogP contribution in [-0.4, -0.2) is 33.2 Å². The van der Waals surface area contributed by atoms with Gasteiger partial charge in [0.25, 0.3) is 11.9 Å². The van der Waals surface area contributed by atoms with Gasteiger partial charge in [-0.25, -0.2) is 0 Å². The Kier molecular flexibility index (Phi) is 3.09. The SMILES string of the molecule is COc1ccc(C(=O)Nc2nnn(C)n2)cc1N. The van der Waals surface area contributed by atoms with E-state index in [-0.39, 0.29) is 11.9 Å². The van der Waals surface area contributed by atoms with Crippen LogP contribution in [0.25, 0.3) is 0 Å². The Labute approximate surface area is 103 Å². The number of carbonyl (C=O) groups is 1. The van der Waals surface area contributed by atoms with E-state index in [1.54, 1.807) is 19.2 Å². The Morgan fingerprint density at radius 2 is 2.28 bits per heavy atom. The minimum absolute atomic E-state index is 0.136. The van der Waals surface area contributed by atoms with Gasteiger partial charge in [0.15, 0.2) is 0 Å². The summed E-state index contributed by atoms with van der Waals surface area (Å²) in [6.07, 6.45) is 0. The molecule has 18 heavy (non-hydrogen) atoms. The highest BCUT2D eigenvalue weighted by molar-refractivity contribution is 6.04. The summed E-state index contributed by atoms with van der Waals surface area (Å²) < 4.78 is 5.01. The molecule has 0 spiro atoms. The lowest BCUT2D eigenvalue weighted by molar-refractivity contribution is 0.102. The predicted molar refractivity (Wildman–Crippen MR) is 64.2 cm³/mol. The van der Waals surface area contributed by atoms with Gasteiger partial charge in [0.1, 0.15) is 5.75 Å². The molecule has 94 valence electrons. The fourth-order valence-electron chi connectivity index (χ4n) is 1.38. The molecule has 1 aromatic heterocycles. The number of methoxy groups -OCH3 is 1. The fraction of sp³-hybridized carbons (Fsp3) is 0.200. The standard InChI is InChI=1S/C10H12N6O2/c1-16-14-10(13-15-16)12-9(17)6-3-4-8(18-2)7(11)5-6/h3-5H,11H2,1-2H3,(H,12,14,17). The number of aromatic nitrogens is 4. The first-order valence-corrected chi connectivity index (χ1v) is 5.09. The number of amides is 1. The summed E-state index contributed by atoms with van der Waals surface area (Å²) >= 11 is 0. The second-order valence-corrected chi connectivity index (χ2v) is 3.51. The first kappa shape index (κ1) is 11.8. The molecule has 0 saturated carbocycles. The van der Waals surface area contributed by atoms with Crippen LogP contribution in [0.3, 0.4) is 0 Å². The Balaban J connectivity index is 2.16. The molecule has 0 unspecified atom stereocenters. The summed E-state index contributed by atoms with van der Waals surface area (Å²) in [6, 6.07) is 4.74. The van der Waals surface area contributed by atoms with Crippen LogP contribution >= 0.6 is 0 Å². The van der Waals surface area contributed by atoms with Gasteiger partial charge in [-0.15, -0.1) is 5.10 Å². The van der Waals surface area contributed by atoms with E-state index in [2.05, 4.69) is 20.7 Å². The lowest BCUT2D eigenvalue weighted by Gasteiger charge is -2.06. The molecular weight excluding hydrogens is 236 g/mol. The molecule has 8 heteroatoms. The summed E-state index contributed by atoms with van der Waals surface area (Å²) in [7, 11) is 3.11. The van der Waals surface area contributed by atoms with Crippen molar-refractivity contribution in [1.29, 1.82) is 0 Å². The molecule has 0 aliphatic heterocycles. The summed E-state index contributed by atoms with van der Waals surface area (Å²) in [5, 5.41) is 13.6. The van der Waals surface area contributed by atoms with E-state index in [0.29, 0.717) is 17.0 Å². The number of anilines is 2. The smallest absolute Gasteiger partial charge is 0.270 e. The average molecular weight is 248 g/mol. The second kappa shape index (κ2) is 4.70. The Bertz CT molecular complexity index is 579. The summed E-state index contributed by atoms with van der Waals surface area (Å²) in [5.41, 5.74) is 6.49. The van der Waals surface area contributed by atoms with E-state index in [0.717, 1.165) is 0 Å². The number of ether oxygens (including phenoxy) is 1. The second-order valence-electron chi connectivity index (χ2n) is 3.51. The van der Waals surface area contributed by atoms with E-state index in [1.807, 2.05) is 0 Å². The molecule has 1 heterocycles. The van der Waals surface area contributed by atoms with E-state index in [4.69, 9.17) is 10.5 Å². The zero-order chi connectivity index (χ0) is 13.1. The number of hydrogen-bond donors (Lipinski definition) is 2. The van der Waals surface area contributed by atoms with Crippen LogP contribution in [0.4, 0.5) is 11.6 Å². The maximum absolute atomic E-state index is 11.9. The lowest BCUT2D eigenvalue weighted by Crippen LogP contribution is -2.13. The van der Waals surface area contributed by atoms with Crippen LogP contribution in [-0.2, 0) is 7.05 Å². The minimum Gasteiger partial charge on any atom is -0.495 e. The van der Waals surface area contributed by atoms with Crippen molar-refractivity contribution in [3.63, 3.8) is 0 Å². The first-order chi connectivity index (χ1) is 8.60. The van der Waals surface area contributed by atoms with E-state index < -0.39 is 0 Å². The molecule has 3 N–H and O–H groups in total. The van der Waals surface area contributed by atoms with Crippen LogP contribution in [0.5, 0.6) is 5.75 Å². The molecule has 1 aromatic carbocycles. The molecule has 0 aliphatic rings. The highest BCUT2D eigenvalue weighted by Gasteiger charge is 2.11. The molecule has 0 saturated heterocycles. The van der Waals surface area contributed by atoms with Crippen LogP contribution in [0.15, 0.2) is 18.2 Å². The van der Waals surface area contributed by atoms with E-state index >= 15 is 0 Å². The van der Waals surface area contributed by atoms with Gasteiger partial charge >= 0.3 is 0 Å². The third-order valence-electron chi connectivity index (χ3n) is 2.23. The van der Waals surface area contributed by atoms with E-state index in [1.165, 1.54) is 18.0 Å². The highest BCUT2D eigenvalue weighted by atomic mass is 16.5. The van der Waals surface area contributed by atoms with Crippen molar-refractivity contribution < 1.29 is 9.53 Å². The van der Waals surface area contributed by atoms with Crippen molar-refractivity contribution in [3.8, 4) is 5.75 Å². The number of aryl methyl sites for hydroxylation is 1. The van der Waals surface area contributed by atoms with Crippen LogP contribution in [0.1, 0.15) is 10.4 Å². The van der Waals surface area contributed by atoms with Crippen molar-refractivity contribution >= 4 is 17.5 Å². The number of tetrazole rings is 1. The van der Waals surface area contributed by atoms with Crippen LogP contribution < -0.4 is 15.8 Å². The molecular formula is C10H12N6O2.